The van der Waals surface area contributed by atoms with Crippen molar-refractivity contribution in [2.24, 2.45) is 5.84 Å². The summed E-state index contributed by atoms with van der Waals surface area (Å²) in [7, 11) is 0. The zero-order valence-corrected chi connectivity index (χ0v) is 19.4. The highest BCUT2D eigenvalue weighted by molar-refractivity contribution is 5.77. The lowest BCUT2D eigenvalue weighted by Gasteiger charge is -2.34. The van der Waals surface area contributed by atoms with Gasteiger partial charge in [-0.2, -0.15) is 0 Å². The molecule has 1 aliphatic rings. The van der Waals surface area contributed by atoms with Crippen LogP contribution >= 0.6 is 0 Å². The first-order chi connectivity index (χ1) is 16.7. The average Bonchev–Trinajstić information content (AvgIpc) is 2.89. The van der Waals surface area contributed by atoms with Crippen LogP contribution in [-0.2, 0) is 24.6 Å². The van der Waals surface area contributed by atoms with E-state index in [1.165, 1.54) is 5.56 Å². The lowest BCUT2D eigenvalue weighted by molar-refractivity contribution is -0.122. The van der Waals surface area contributed by atoms with Gasteiger partial charge >= 0.3 is 0 Å². The van der Waals surface area contributed by atoms with Crippen molar-refractivity contribution < 1.29 is 14.3 Å². The lowest BCUT2D eigenvalue weighted by Crippen LogP contribution is -2.49. The molecule has 0 aromatic heterocycles. The summed E-state index contributed by atoms with van der Waals surface area (Å²) in [5, 5.41) is 0. The maximum Gasteiger partial charge on any atom is 0.248 e. The van der Waals surface area contributed by atoms with Crippen molar-refractivity contribution in [2.45, 2.75) is 19.8 Å². The molecule has 0 unspecified atom stereocenters. The van der Waals surface area contributed by atoms with E-state index in [2.05, 4.69) is 51.6 Å². The Morgan fingerprint density at radius 1 is 0.735 bits per heavy atom. The molecule has 3 aromatic rings. The minimum atomic E-state index is -0.153. The third kappa shape index (κ3) is 7.05. The number of piperazine rings is 1. The van der Waals surface area contributed by atoms with E-state index in [4.69, 9.17) is 15.3 Å². The molecule has 1 heterocycles. The highest BCUT2D eigenvalue weighted by Crippen LogP contribution is 2.30. The fraction of sp³-hybridized carbons (Fsp3) is 0.296. The van der Waals surface area contributed by atoms with Gasteiger partial charge in [0.25, 0.3) is 0 Å². The highest BCUT2D eigenvalue weighted by atomic mass is 16.5. The Morgan fingerprint density at radius 3 is 1.88 bits per heavy atom. The molecule has 3 N–H and O–H groups in total. The molecule has 3 aromatic carbocycles. The topological polar surface area (TPSA) is 80.1 Å². The zero-order chi connectivity index (χ0) is 23.6. The molecule has 0 spiro atoms. The minimum absolute atomic E-state index is 0.153. The van der Waals surface area contributed by atoms with Crippen molar-refractivity contribution in [3.05, 3.63) is 95.6 Å². The Morgan fingerprint density at radius 2 is 1.29 bits per heavy atom. The summed E-state index contributed by atoms with van der Waals surface area (Å²) in [5.41, 5.74) is 5.59. The summed E-state index contributed by atoms with van der Waals surface area (Å²) in [6.07, 6.45) is 0. The van der Waals surface area contributed by atoms with Gasteiger partial charge in [-0.05, 0) is 28.8 Å². The zero-order valence-electron chi connectivity index (χ0n) is 19.4. The molecule has 7 heteroatoms. The quantitative estimate of drug-likeness (QED) is 0.275. The summed E-state index contributed by atoms with van der Waals surface area (Å²) in [6, 6.07) is 26.4. The van der Waals surface area contributed by atoms with Crippen LogP contribution in [0.2, 0.25) is 0 Å². The molecule has 0 saturated carbocycles. The van der Waals surface area contributed by atoms with Crippen LogP contribution in [0.1, 0.15) is 16.7 Å². The Bertz CT molecular complexity index is 1040. The van der Waals surface area contributed by atoms with Crippen LogP contribution in [0.5, 0.6) is 11.5 Å². The van der Waals surface area contributed by atoms with Crippen LogP contribution in [0.25, 0.3) is 0 Å². The number of carbonyl (C=O) groups excluding carboxylic acids is 1. The second-order valence-electron chi connectivity index (χ2n) is 8.45. The molecular formula is C27H32N4O3. The van der Waals surface area contributed by atoms with Crippen molar-refractivity contribution in [3.8, 4) is 11.5 Å². The molecule has 1 aliphatic heterocycles. The summed E-state index contributed by atoms with van der Waals surface area (Å²) in [6.45, 7) is 5.59. The van der Waals surface area contributed by atoms with E-state index in [1.807, 2.05) is 42.5 Å². The van der Waals surface area contributed by atoms with E-state index in [-0.39, 0.29) is 5.91 Å². The van der Waals surface area contributed by atoms with Gasteiger partial charge in [0.2, 0.25) is 5.91 Å². The summed E-state index contributed by atoms with van der Waals surface area (Å²) >= 11 is 0. The molecule has 7 nitrogen and oxygen atoms in total. The van der Waals surface area contributed by atoms with Gasteiger partial charge in [-0.15, -0.1) is 0 Å². The maximum absolute atomic E-state index is 11.5. The predicted octanol–water partition coefficient (Wildman–Crippen LogP) is 2.95. The van der Waals surface area contributed by atoms with Crippen LogP contribution in [0.3, 0.4) is 0 Å². The van der Waals surface area contributed by atoms with E-state index < -0.39 is 0 Å². The molecule has 0 atom stereocenters. The largest absolute Gasteiger partial charge is 0.485 e. The first kappa shape index (κ1) is 23.8. The number of carbonyl (C=O) groups is 1. The highest BCUT2D eigenvalue weighted by Gasteiger charge is 2.19. The third-order valence-corrected chi connectivity index (χ3v) is 5.88. The van der Waals surface area contributed by atoms with E-state index in [1.54, 1.807) is 0 Å². The molecule has 0 bridgehead atoms. The molecule has 0 radical (unpaired) electrons. The van der Waals surface area contributed by atoms with Gasteiger partial charge in [0.05, 0.1) is 6.54 Å². The Balaban J connectivity index is 1.40. The van der Waals surface area contributed by atoms with Crippen LogP contribution in [-0.4, -0.2) is 48.4 Å². The number of hydrogen-bond donors (Lipinski definition) is 2. The summed E-state index contributed by atoms with van der Waals surface area (Å²) in [5.74, 6) is 6.53. The molecule has 34 heavy (non-hydrogen) atoms. The molecule has 1 amide bonds. The molecule has 4 rings (SSSR count). The smallest absolute Gasteiger partial charge is 0.248 e. The van der Waals surface area contributed by atoms with Crippen LogP contribution in [0.4, 0.5) is 0 Å². The second-order valence-corrected chi connectivity index (χ2v) is 8.45. The fourth-order valence-electron chi connectivity index (χ4n) is 3.97. The number of nitrogens with one attached hydrogen (secondary N) is 1. The first-order valence-electron chi connectivity index (χ1n) is 11.6. The van der Waals surface area contributed by atoms with Gasteiger partial charge in [-0.1, -0.05) is 66.7 Å². The van der Waals surface area contributed by atoms with Crippen molar-refractivity contribution in [2.75, 3.05) is 32.7 Å². The SMILES string of the molecule is NNC(=O)CN1CCN(Cc2ccc(OCc3ccccc3)c(OCc3ccccc3)c2)CC1. The molecule has 1 fully saturated rings. The number of nitrogens with two attached hydrogens (primary N) is 1. The number of amides is 1. The molecule has 1 saturated heterocycles. The second kappa shape index (κ2) is 12.2. The predicted molar refractivity (Wildman–Crippen MR) is 132 cm³/mol. The van der Waals surface area contributed by atoms with Gasteiger partial charge in [0.15, 0.2) is 11.5 Å². The van der Waals surface area contributed by atoms with E-state index >= 15 is 0 Å². The first-order valence-corrected chi connectivity index (χ1v) is 11.6. The average molecular weight is 461 g/mol. The number of rotatable bonds is 10. The van der Waals surface area contributed by atoms with Crippen molar-refractivity contribution >= 4 is 5.91 Å². The van der Waals surface area contributed by atoms with Crippen LogP contribution in [0, 0.1) is 0 Å². The van der Waals surface area contributed by atoms with Crippen LogP contribution in [0.15, 0.2) is 78.9 Å². The summed E-state index contributed by atoms with van der Waals surface area (Å²) in [4.78, 5) is 16.0. The Hall–Kier alpha value is -3.39. The van der Waals surface area contributed by atoms with Gasteiger partial charge in [0.1, 0.15) is 13.2 Å². The number of benzene rings is 3. The Kier molecular flexibility index (Phi) is 8.51. The molecule has 178 valence electrons. The normalized spacial score (nSPS) is 14.5. The maximum atomic E-state index is 11.5. The fourth-order valence-corrected chi connectivity index (χ4v) is 3.97. The van der Waals surface area contributed by atoms with Gasteiger partial charge < -0.3 is 9.47 Å². The monoisotopic (exact) mass is 460 g/mol. The minimum Gasteiger partial charge on any atom is -0.485 e. The number of nitrogens with zero attached hydrogens (tertiary/aromatic N) is 2. The van der Waals surface area contributed by atoms with Gasteiger partial charge in [0, 0.05) is 32.7 Å². The van der Waals surface area contributed by atoms with Crippen molar-refractivity contribution in [1.29, 1.82) is 0 Å². The number of hydrogen-bond acceptors (Lipinski definition) is 6. The number of hydrazine groups is 1. The summed E-state index contributed by atoms with van der Waals surface area (Å²) < 4.78 is 12.3. The molecular weight excluding hydrogens is 428 g/mol. The van der Waals surface area contributed by atoms with E-state index in [0.717, 1.165) is 55.3 Å². The van der Waals surface area contributed by atoms with Gasteiger partial charge in [-0.25, -0.2) is 5.84 Å². The molecule has 0 aliphatic carbocycles. The van der Waals surface area contributed by atoms with Crippen LogP contribution < -0.4 is 20.7 Å². The van der Waals surface area contributed by atoms with E-state index in [9.17, 15) is 4.79 Å². The lowest BCUT2D eigenvalue weighted by atomic mass is 10.1. The van der Waals surface area contributed by atoms with E-state index in [0.29, 0.717) is 19.8 Å². The third-order valence-electron chi connectivity index (χ3n) is 5.88. The standard InChI is InChI=1S/C27H32N4O3/c28-29-27(32)19-31-15-13-30(14-16-31)18-24-11-12-25(33-20-22-7-3-1-4-8-22)26(17-24)34-21-23-9-5-2-6-10-23/h1-12,17H,13-16,18-21,28H2,(H,29,32). The Labute approximate surface area is 201 Å². The van der Waals surface area contributed by atoms with Gasteiger partial charge in [-0.3, -0.25) is 20.0 Å². The van der Waals surface area contributed by atoms with Crippen molar-refractivity contribution in [1.82, 2.24) is 15.2 Å². The number of ether oxygens (including phenoxy) is 2. The van der Waals surface area contributed by atoms with Crippen molar-refractivity contribution in [3.63, 3.8) is 0 Å².